The number of rotatable bonds is 7. The van der Waals surface area contributed by atoms with Gasteiger partial charge in [0.15, 0.2) is 0 Å². The van der Waals surface area contributed by atoms with Gasteiger partial charge >= 0.3 is 0 Å². The van der Waals surface area contributed by atoms with Gasteiger partial charge in [0.1, 0.15) is 17.0 Å². The van der Waals surface area contributed by atoms with E-state index in [1.165, 1.54) is 0 Å². The second kappa shape index (κ2) is 7.45. The van der Waals surface area contributed by atoms with Gasteiger partial charge in [-0.25, -0.2) is 0 Å². The Hall–Kier alpha value is -2.57. The molecule has 1 saturated heterocycles. The van der Waals surface area contributed by atoms with E-state index in [1.54, 1.807) is 7.11 Å². The maximum Gasteiger partial charge on any atom is 0.242 e. The number of hydrogen-bond donors (Lipinski definition) is 0. The molecule has 2 atom stereocenters. The van der Waals surface area contributed by atoms with Gasteiger partial charge in [0, 0.05) is 18.5 Å². The summed E-state index contributed by atoms with van der Waals surface area (Å²) in [7, 11) is 1.62. The predicted octanol–water partition coefficient (Wildman–Crippen LogP) is 3.51. The number of methoxy groups -OCH3 is 1. The molecular formula is C21H27N3O4. The molecule has 4 rings (SSSR count). The summed E-state index contributed by atoms with van der Waals surface area (Å²) in [5.74, 6) is 3.34. The van der Waals surface area contributed by atoms with Gasteiger partial charge in [-0.05, 0) is 37.3 Å². The average Bonchev–Trinajstić information content (AvgIpc) is 3.25. The van der Waals surface area contributed by atoms with Gasteiger partial charge < -0.3 is 18.8 Å². The molecule has 7 nitrogen and oxygen atoms in total. The van der Waals surface area contributed by atoms with E-state index in [9.17, 15) is 4.79 Å². The molecule has 1 saturated carbocycles. The minimum atomic E-state index is -0.410. The van der Waals surface area contributed by atoms with Crippen LogP contribution in [0.3, 0.4) is 0 Å². The number of hydrogen-bond acceptors (Lipinski definition) is 6. The zero-order valence-corrected chi connectivity index (χ0v) is 16.7. The molecule has 2 aromatic rings. The van der Waals surface area contributed by atoms with Gasteiger partial charge in [-0.2, -0.15) is 0 Å². The first-order chi connectivity index (χ1) is 13.5. The molecule has 0 spiro atoms. The zero-order valence-electron chi connectivity index (χ0n) is 16.7. The lowest BCUT2D eigenvalue weighted by Gasteiger charge is -2.47. The Morgan fingerprint density at radius 3 is 2.82 bits per heavy atom. The molecule has 2 fully saturated rings. The Morgan fingerprint density at radius 1 is 1.32 bits per heavy atom. The van der Waals surface area contributed by atoms with E-state index in [0.29, 0.717) is 36.5 Å². The van der Waals surface area contributed by atoms with Crippen molar-refractivity contribution in [2.45, 2.75) is 51.0 Å². The molecule has 1 aromatic heterocycles. The normalized spacial score (nSPS) is 23.4. The van der Waals surface area contributed by atoms with E-state index in [4.69, 9.17) is 13.9 Å². The minimum Gasteiger partial charge on any atom is -0.497 e. The third-order valence-electron chi connectivity index (χ3n) is 5.96. The highest BCUT2D eigenvalue weighted by Gasteiger charge is 2.60. The number of likely N-dealkylation sites (tertiary alicyclic amines) is 1. The van der Waals surface area contributed by atoms with E-state index in [2.05, 4.69) is 10.2 Å². The fourth-order valence-electron chi connectivity index (χ4n) is 4.31. The Balaban J connectivity index is 1.43. The van der Waals surface area contributed by atoms with Crippen LogP contribution in [-0.2, 0) is 10.3 Å². The summed E-state index contributed by atoms with van der Waals surface area (Å²) >= 11 is 0. The number of amides is 1. The third-order valence-corrected chi connectivity index (χ3v) is 5.96. The van der Waals surface area contributed by atoms with Gasteiger partial charge in [-0.3, -0.25) is 4.79 Å². The maximum atomic E-state index is 13.0. The molecule has 0 bridgehead atoms. The molecule has 1 aromatic carbocycles. The van der Waals surface area contributed by atoms with Crippen LogP contribution in [0, 0.1) is 5.92 Å². The van der Waals surface area contributed by atoms with Crippen molar-refractivity contribution in [3.8, 4) is 11.5 Å². The van der Waals surface area contributed by atoms with E-state index < -0.39 is 5.54 Å². The first-order valence-corrected chi connectivity index (χ1v) is 9.96. The van der Waals surface area contributed by atoms with Crippen LogP contribution in [0.25, 0.3) is 0 Å². The fourth-order valence-corrected chi connectivity index (χ4v) is 4.31. The molecule has 1 aliphatic heterocycles. The lowest BCUT2D eigenvalue weighted by molar-refractivity contribution is -0.142. The van der Waals surface area contributed by atoms with Gasteiger partial charge in [0.2, 0.25) is 17.7 Å². The Bertz CT molecular complexity index is 850. The molecule has 0 N–H and O–H groups in total. The van der Waals surface area contributed by atoms with Crippen LogP contribution < -0.4 is 9.47 Å². The molecule has 0 unspecified atom stereocenters. The van der Waals surface area contributed by atoms with Crippen LogP contribution in [-0.4, -0.2) is 41.3 Å². The molecule has 0 radical (unpaired) electrons. The van der Waals surface area contributed by atoms with Crippen molar-refractivity contribution in [1.82, 2.24) is 15.1 Å². The zero-order chi connectivity index (χ0) is 19.7. The predicted molar refractivity (Wildman–Crippen MR) is 102 cm³/mol. The largest absolute Gasteiger partial charge is 0.497 e. The van der Waals surface area contributed by atoms with Crippen LogP contribution in [0.5, 0.6) is 11.5 Å². The molecular weight excluding hydrogens is 358 g/mol. The average molecular weight is 385 g/mol. The lowest BCUT2D eigenvalue weighted by atomic mass is 9.67. The maximum absolute atomic E-state index is 13.0. The Morgan fingerprint density at radius 2 is 2.14 bits per heavy atom. The summed E-state index contributed by atoms with van der Waals surface area (Å²) in [4.78, 5) is 15.0. The highest BCUT2D eigenvalue weighted by Crippen LogP contribution is 2.56. The second-order valence-electron chi connectivity index (χ2n) is 7.87. The van der Waals surface area contributed by atoms with Gasteiger partial charge in [-0.1, -0.05) is 19.9 Å². The van der Waals surface area contributed by atoms with Gasteiger partial charge in [-0.15, -0.1) is 10.2 Å². The fraction of sp³-hybridized carbons (Fsp3) is 0.571. The highest BCUT2D eigenvalue weighted by atomic mass is 16.5. The summed E-state index contributed by atoms with van der Waals surface area (Å²) in [6.45, 7) is 5.12. The van der Waals surface area contributed by atoms with E-state index >= 15 is 0 Å². The summed E-state index contributed by atoms with van der Waals surface area (Å²) in [6, 6.07) is 7.40. The van der Waals surface area contributed by atoms with E-state index in [-0.39, 0.29) is 11.8 Å². The number of carbonyl (C=O) groups is 1. The molecule has 28 heavy (non-hydrogen) atoms. The number of nitrogens with zero attached hydrogens (tertiary/aromatic N) is 3. The van der Waals surface area contributed by atoms with Crippen LogP contribution in [0.15, 0.2) is 28.7 Å². The van der Waals surface area contributed by atoms with Crippen molar-refractivity contribution >= 4 is 5.91 Å². The SMILES string of the molecule is COc1cccc(OCCC(=O)N2CC[C@@H]3CC[C@@]32c2nnc(C(C)C)o2)c1. The van der Waals surface area contributed by atoms with Crippen LogP contribution in [0.2, 0.25) is 0 Å². The Kier molecular flexibility index (Phi) is 5.00. The first kappa shape index (κ1) is 18.8. The molecule has 1 aliphatic carbocycles. The highest BCUT2D eigenvalue weighted by molar-refractivity contribution is 5.78. The van der Waals surface area contributed by atoms with Crippen molar-refractivity contribution < 1.29 is 18.7 Å². The number of ether oxygens (including phenoxy) is 2. The molecule has 2 heterocycles. The Labute approximate surface area is 165 Å². The summed E-state index contributed by atoms with van der Waals surface area (Å²) in [6.07, 6.45) is 3.29. The van der Waals surface area contributed by atoms with Crippen LogP contribution >= 0.6 is 0 Å². The van der Waals surface area contributed by atoms with Crippen LogP contribution in [0.1, 0.15) is 57.2 Å². The van der Waals surface area contributed by atoms with Crippen molar-refractivity contribution in [3.05, 3.63) is 36.0 Å². The summed E-state index contributed by atoms with van der Waals surface area (Å²) < 4.78 is 16.9. The van der Waals surface area contributed by atoms with Crippen LogP contribution in [0.4, 0.5) is 0 Å². The third kappa shape index (κ3) is 3.12. The van der Waals surface area contributed by atoms with Crippen molar-refractivity contribution in [2.75, 3.05) is 20.3 Å². The topological polar surface area (TPSA) is 77.7 Å². The number of fused-ring (bicyclic) bond motifs is 1. The summed E-state index contributed by atoms with van der Waals surface area (Å²) in [5.41, 5.74) is -0.410. The monoisotopic (exact) mass is 385 g/mol. The van der Waals surface area contributed by atoms with Crippen molar-refractivity contribution in [1.29, 1.82) is 0 Å². The quantitative estimate of drug-likeness (QED) is 0.726. The second-order valence-corrected chi connectivity index (χ2v) is 7.87. The minimum absolute atomic E-state index is 0.0781. The van der Waals surface area contributed by atoms with Crippen molar-refractivity contribution in [3.63, 3.8) is 0 Å². The van der Waals surface area contributed by atoms with Gasteiger partial charge in [0.05, 0.1) is 20.1 Å². The first-order valence-electron chi connectivity index (χ1n) is 9.96. The van der Waals surface area contributed by atoms with E-state index in [0.717, 1.165) is 31.6 Å². The van der Waals surface area contributed by atoms with Crippen molar-refractivity contribution in [2.24, 2.45) is 5.92 Å². The lowest BCUT2D eigenvalue weighted by Crippen LogP contribution is -2.54. The number of aromatic nitrogens is 2. The smallest absolute Gasteiger partial charge is 0.242 e. The molecule has 1 amide bonds. The van der Waals surface area contributed by atoms with Gasteiger partial charge in [0.25, 0.3) is 0 Å². The molecule has 150 valence electrons. The summed E-state index contributed by atoms with van der Waals surface area (Å²) in [5, 5.41) is 8.51. The molecule has 7 heteroatoms. The number of benzene rings is 1. The molecule has 2 aliphatic rings. The van der Waals surface area contributed by atoms with E-state index in [1.807, 2.05) is 43.0 Å². The number of carbonyl (C=O) groups excluding carboxylic acids is 1. The standard InChI is InChI=1S/C21H27N3O4/c1-14(2)19-22-23-20(28-19)21-10-7-15(21)8-11-24(21)18(25)9-12-27-17-6-4-5-16(13-17)26-3/h4-6,13-15H,7-12H2,1-3H3/t15-,21-/m0/s1.